The van der Waals surface area contributed by atoms with Crippen LogP contribution in [0.4, 0.5) is 0 Å². The number of esters is 1. The molecule has 2 N–H and O–H groups in total. The van der Waals surface area contributed by atoms with Gasteiger partial charge in [0.05, 0.1) is 19.2 Å². The number of carbonyl (C=O) groups excluding carboxylic acids is 1. The minimum atomic E-state index is -0.573. The van der Waals surface area contributed by atoms with Crippen molar-refractivity contribution in [2.45, 2.75) is 38.3 Å². The molecule has 0 saturated carbocycles. The number of hydrogen-bond donors (Lipinski definition) is 2. The molecule has 7 heteroatoms. The van der Waals surface area contributed by atoms with Crippen molar-refractivity contribution in [3.8, 4) is 0 Å². The molecule has 1 aromatic heterocycles. The number of methoxy groups -OCH3 is 1. The number of fused-ring (bicyclic) bond motifs is 3. The zero-order valence-corrected chi connectivity index (χ0v) is 20.1. The molecular formula is C28H27N3O4. The lowest BCUT2D eigenvalue weighted by Crippen LogP contribution is -2.49. The molecule has 178 valence electrons. The van der Waals surface area contributed by atoms with Crippen LogP contribution in [0.5, 0.6) is 0 Å². The van der Waals surface area contributed by atoms with Crippen molar-refractivity contribution < 1.29 is 13.9 Å². The molecule has 2 heterocycles. The van der Waals surface area contributed by atoms with Crippen LogP contribution in [0.15, 0.2) is 80.9 Å². The van der Waals surface area contributed by atoms with E-state index in [0.717, 1.165) is 27.3 Å². The van der Waals surface area contributed by atoms with Gasteiger partial charge in [0, 0.05) is 16.8 Å². The molecule has 4 aromatic rings. The summed E-state index contributed by atoms with van der Waals surface area (Å²) in [4.78, 5) is 29.7. The van der Waals surface area contributed by atoms with Crippen molar-refractivity contribution in [2.24, 2.45) is 4.99 Å². The summed E-state index contributed by atoms with van der Waals surface area (Å²) in [6.07, 6.45) is 0. The topological polar surface area (TPSA) is 92.9 Å². The molecule has 0 saturated heterocycles. The highest BCUT2D eigenvalue weighted by Gasteiger charge is 2.33. The highest BCUT2D eigenvalue weighted by molar-refractivity contribution is 6.35. The minimum Gasteiger partial charge on any atom is -0.463 e. The highest BCUT2D eigenvalue weighted by atomic mass is 16.5. The molecule has 2 atom stereocenters. The number of hydrazine groups is 1. The summed E-state index contributed by atoms with van der Waals surface area (Å²) >= 11 is 0. The molecule has 5 rings (SSSR count). The van der Waals surface area contributed by atoms with Crippen LogP contribution in [-0.4, -0.2) is 18.9 Å². The Hall–Kier alpha value is -3.97. The molecule has 7 nitrogen and oxygen atoms in total. The average Bonchev–Trinajstić information content (AvgIpc) is 2.87. The molecule has 35 heavy (non-hydrogen) atoms. The Balaban J connectivity index is 1.69. The molecular weight excluding hydrogens is 442 g/mol. The molecule has 0 radical (unpaired) electrons. The van der Waals surface area contributed by atoms with Crippen molar-refractivity contribution in [2.75, 3.05) is 7.11 Å². The van der Waals surface area contributed by atoms with Gasteiger partial charge in [0.2, 0.25) is 5.84 Å². The van der Waals surface area contributed by atoms with Gasteiger partial charge in [-0.2, -0.15) is 0 Å². The maximum atomic E-state index is 12.7. The van der Waals surface area contributed by atoms with E-state index in [9.17, 15) is 9.59 Å². The maximum Gasteiger partial charge on any atom is 0.374 e. The number of amidine groups is 1. The lowest BCUT2D eigenvalue weighted by Gasteiger charge is -2.32. The van der Waals surface area contributed by atoms with Crippen molar-refractivity contribution >= 4 is 33.5 Å². The molecule has 0 fully saturated rings. The fourth-order valence-electron chi connectivity index (χ4n) is 4.54. The Kier molecular flexibility index (Phi) is 5.65. The first-order valence-corrected chi connectivity index (χ1v) is 11.5. The standard InChI is InChI=1S/C28H27N3O4/c1-28(2,3)18-12-9-17(10-13-18)23-24(30-31-26(29-23)27(33)34-4)21-15-22(32)35-25-19-8-6-5-7-16(19)11-14-20(21)25/h5-15,23-24,30H,1-4H3,(H,29,31). The number of benzene rings is 3. The van der Waals surface area contributed by atoms with Gasteiger partial charge >= 0.3 is 11.6 Å². The SMILES string of the molecule is COC(=O)C1=NC(c2ccc(C(C)(C)C)cc2)C(c2cc(=O)oc3c2ccc2ccccc23)NN1. The van der Waals surface area contributed by atoms with E-state index in [-0.39, 0.29) is 11.3 Å². The number of ether oxygens (including phenoxy) is 1. The van der Waals surface area contributed by atoms with Crippen LogP contribution in [-0.2, 0) is 14.9 Å². The Bertz CT molecular complexity index is 1510. The molecule has 3 aromatic carbocycles. The summed E-state index contributed by atoms with van der Waals surface area (Å²) in [5.41, 5.74) is 8.96. The summed E-state index contributed by atoms with van der Waals surface area (Å²) in [5, 5.41) is 2.64. The molecule has 1 aliphatic heterocycles. The Morgan fingerprint density at radius 3 is 2.46 bits per heavy atom. The monoisotopic (exact) mass is 469 g/mol. The van der Waals surface area contributed by atoms with E-state index >= 15 is 0 Å². The van der Waals surface area contributed by atoms with Gasteiger partial charge in [-0.15, -0.1) is 0 Å². The van der Waals surface area contributed by atoms with Crippen molar-refractivity contribution in [3.05, 3.63) is 93.8 Å². The summed E-state index contributed by atoms with van der Waals surface area (Å²) in [7, 11) is 1.31. The fourth-order valence-corrected chi connectivity index (χ4v) is 4.54. The normalized spacial score (nSPS) is 18.2. The van der Waals surface area contributed by atoms with Gasteiger partial charge in [0.15, 0.2) is 0 Å². The average molecular weight is 470 g/mol. The second-order valence-electron chi connectivity index (χ2n) is 9.72. The third kappa shape index (κ3) is 4.19. The van der Waals surface area contributed by atoms with Crippen LogP contribution in [0.25, 0.3) is 21.7 Å². The lowest BCUT2D eigenvalue weighted by atomic mass is 9.85. The van der Waals surface area contributed by atoms with Gasteiger partial charge in [-0.3, -0.25) is 10.4 Å². The molecule has 0 aliphatic carbocycles. The first-order valence-electron chi connectivity index (χ1n) is 11.5. The Morgan fingerprint density at radius 1 is 1.00 bits per heavy atom. The van der Waals surface area contributed by atoms with Crippen LogP contribution in [0.2, 0.25) is 0 Å². The number of nitrogens with one attached hydrogen (secondary N) is 2. The van der Waals surface area contributed by atoms with Crippen molar-refractivity contribution in [3.63, 3.8) is 0 Å². The van der Waals surface area contributed by atoms with E-state index < -0.39 is 23.7 Å². The van der Waals surface area contributed by atoms with Crippen LogP contribution < -0.4 is 16.5 Å². The smallest absolute Gasteiger partial charge is 0.374 e. The third-order valence-electron chi connectivity index (χ3n) is 6.43. The Labute approximate surface area is 202 Å². The number of hydrogen-bond acceptors (Lipinski definition) is 7. The zero-order valence-electron chi connectivity index (χ0n) is 20.1. The van der Waals surface area contributed by atoms with Crippen LogP contribution in [0.3, 0.4) is 0 Å². The minimum absolute atomic E-state index is 0.000395. The Morgan fingerprint density at radius 2 is 1.74 bits per heavy atom. The fraction of sp³-hybridized carbons (Fsp3) is 0.250. The summed E-state index contributed by atoms with van der Waals surface area (Å²) < 4.78 is 10.5. The van der Waals surface area contributed by atoms with Gasteiger partial charge in [0.25, 0.3) is 0 Å². The molecule has 0 amide bonds. The number of rotatable bonds is 3. The molecule has 0 bridgehead atoms. The first kappa shape index (κ1) is 22.8. The molecule has 1 aliphatic rings. The summed E-state index contributed by atoms with van der Waals surface area (Å²) in [6, 6.07) is 20.5. The first-order chi connectivity index (χ1) is 16.8. The lowest BCUT2D eigenvalue weighted by molar-refractivity contribution is -0.133. The number of aliphatic imine (C=N–C) groups is 1. The molecule has 0 spiro atoms. The van der Waals surface area contributed by atoms with Gasteiger partial charge < -0.3 is 9.15 Å². The predicted octanol–water partition coefficient (Wildman–Crippen LogP) is 4.71. The number of nitrogens with zero attached hydrogens (tertiary/aromatic N) is 1. The van der Waals surface area contributed by atoms with E-state index in [4.69, 9.17) is 14.1 Å². The largest absolute Gasteiger partial charge is 0.463 e. The predicted molar refractivity (Wildman–Crippen MR) is 136 cm³/mol. The number of carbonyl (C=O) groups is 1. The quantitative estimate of drug-likeness (QED) is 0.257. The zero-order chi connectivity index (χ0) is 24.7. The van der Waals surface area contributed by atoms with Crippen LogP contribution >= 0.6 is 0 Å². The second kappa shape index (κ2) is 8.67. The maximum absolute atomic E-state index is 12.7. The van der Waals surface area contributed by atoms with Crippen molar-refractivity contribution in [1.82, 2.24) is 10.9 Å². The van der Waals surface area contributed by atoms with E-state index in [1.54, 1.807) is 0 Å². The van der Waals surface area contributed by atoms with Gasteiger partial charge in [0.1, 0.15) is 5.58 Å². The van der Waals surface area contributed by atoms with E-state index in [2.05, 4.69) is 43.8 Å². The second-order valence-corrected chi connectivity index (χ2v) is 9.72. The van der Waals surface area contributed by atoms with Gasteiger partial charge in [-0.1, -0.05) is 81.4 Å². The van der Waals surface area contributed by atoms with Crippen LogP contribution in [0, 0.1) is 0 Å². The van der Waals surface area contributed by atoms with E-state index in [0.29, 0.717) is 5.58 Å². The third-order valence-corrected chi connectivity index (χ3v) is 6.43. The van der Waals surface area contributed by atoms with E-state index in [1.807, 2.05) is 48.5 Å². The van der Waals surface area contributed by atoms with Gasteiger partial charge in [-0.25, -0.2) is 15.0 Å². The summed E-state index contributed by atoms with van der Waals surface area (Å²) in [6.45, 7) is 6.47. The molecule has 2 unspecified atom stereocenters. The van der Waals surface area contributed by atoms with E-state index in [1.165, 1.54) is 18.7 Å². The highest BCUT2D eigenvalue weighted by Crippen LogP contribution is 2.38. The van der Waals surface area contributed by atoms with Gasteiger partial charge in [-0.05, 0) is 27.5 Å². The van der Waals surface area contributed by atoms with Crippen LogP contribution in [0.1, 0.15) is 49.5 Å². The van der Waals surface area contributed by atoms with Crippen molar-refractivity contribution in [1.29, 1.82) is 0 Å². The summed E-state index contributed by atoms with van der Waals surface area (Å²) in [5.74, 6) is -0.498.